The van der Waals surface area contributed by atoms with E-state index in [1.54, 1.807) is 0 Å². The normalized spacial score (nSPS) is 15.0. The molecule has 0 saturated heterocycles. The van der Waals surface area contributed by atoms with Gasteiger partial charge in [0.1, 0.15) is 12.2 Å². The summed E-state index contributed by atoms with van der Waals surface area (Å²) in [6, 6.07) is -1.02. The lowest BCUT2D eigenvalue weighted by atomic mass is 10.00. The van der Waals surface area contributed by atoms with Gasteiger partial charge >= 0.3 is 0 Å². The number of carbonyl (C=O) groups excluding carboxylic acids is 1. The highest BCUT2D eigenvalue weighted by Crippen LogP contribution is 2.12. The van der Waals surface area contributed by atoms with Crippen LogP contribution >= 0.6 is 0 Å². The van der Waals surface area contributed by atoms with E-state index < -0.39 is 36.9 Å². The van der Waals surface area contributed by atoms with Crippen molar-refractivity contribution in [1.82, 2.24) is 5.32 Å². The molecule has 0 aliphatic heterocycles. The van der Waals surface area contributed by atoms with Gasteiger partial charge in [0, 0.05) is 0 Å². The van der Waals surface area contributed by atoms with Crippen molar-refractivity contribution in [2.75, 3.05) is 6.61 Å². The van der Waals surface area contributed by atoms with Crippen molar-refractivity contribution in [2.45, 2.75) is 192 Å². The number of hydrogen-bond donors (Lipinski definition) is 5. The number of rotatable bonds is 33. The summed E-state index contributed by atoms with van der Waals surface area (Å²) in [6.45, 7) is 3.94. The number of unbranched alkanes of at least 4 members (excludes halogenated alkanes) is 16. The van der Waals surface area contributed by atoms with Crippen LogP contribution in [0.5, 0.6) is 0 Å². The Hall–Kier alpha value is -1.73. The van der Waals surface area contributed by atoms with E-state index in [2.05, 4.69) is 67.8 Å². The summed E-state index contributed by atoms with van der Waals surface area (Å²) in [5, 5.41) is 43.3. The summed E-state index contributed by atoms with van der Waals surface area (Å²) in [6.07, 6.45) is 40.1. The zero-order valence-corrected chi connectivity index (χ0v) is 29.8. The molecule has 0 saturated carbocycles. The van der Waals surface area contributed by atoms with Crippen LogP contribution in [0.15, 0.2) is 48.6 Å². The Balaban J connectivity index is 3.89. The largest absolute Gasteiger partial charge is 0.394 e. The molecule has 4 atom stereocenters. The molecule has 4 unspecified atom stereocenters. The maximum Gasteiger partial charge on any atom is 0.249 e. The Morgan fingerprint density at radius 1 is 0.522 bits per heavy atom. The van der Waals surface area contributed by atoms with Crippen molar-refractivity contribution in [3.63, 3.8) is 0 Å². The van der Waals surface area contributed by atoms with Gasteiger partial charge in [0.05, 0.1) is 18.8 Å². The molecular formula is C40H73NO5. The quantitative estimate of drug-likeness (QED) is 0.0360. The predicted octanol–water partition coefficient (Wildman–Crippen LogP) is 9.17. The van der Waals surface area contributed by atoms with Crippen molar-refractivity contribution in [3.05, 3.63) is 48.6 Å². The van der Waals surface area contributed by atoms with Crippen LogP contribution in [0, 0.1) is 0 Å². The number of aliphatic hydroxyl groups is 4. The maximum absolute atomic E-state index is 12.4. The summed E-state index contributed by atoms with van der Waals surface area (Å²) in [7, 11) is 0. The Morgan fingerprint density at radius 2 is 0.935 bits per heavy atom. The van der Waals surface area contributed by atoms with Crippen LogP contribution in [0.25, 0.3) is 0 Å². The van der Waals surface area contributed by atoms with Gasteiger partial charge in [-0.05, 0) is 83.5 Å². The molecule has 46 heavy (non-hydrogen) atoms. The Morgan fingerprint density at radius 3 is 1.43 bits per heavy atom. The number of allylic oxidation sites excluding steroid dienone is 8. The lowest BCUT2D eigenvalue weighted by molar-refractivity contribution is -0.132. The second-order valence-corrected chi connectivity index (χ2v) is 12.9. The highest BCUT2D eigenvalue weighted by molar-refractivity contribution is 5.80. The third-order valence-corrected chi connectivity index (χ3v) is 8.47. The van der Waals surface area contributed by atoms with Gasteiger partial charge in [-0.2, -0.15) is 0 Å². The number of carbonyl (C=O) groups is 1. The van der Waals surface area contributed by atoms with Crippen LogP contribution in [-0.4, -0.2) is 57.3 Å². The van der Waals surface area contributed by atoms with E-state index >= 15 is 0 Å². The second-order valence-electron chi connectivity index (χ2n) is 12.9. The van der Waals surface area contributed by atoms with Crippen molar-refractivity contribution >= 4 is 5.91 Å². The summed E-state index contributed by atoms with van der Waals surface area (Å²) in [5.74, 6) is -0.618. The predicted molar refractivity (Wildman–Crippen MR) is 196 cm³/mol. The highest BCUT2D eigenvalue weighted by atomic mass is 16.3. The first-order chi connectivity index (χ1) is 22.5. The lowest BCUT2D eigenvalue weighted by Gasteiger charge is -2.27. The van der Waals surface area contributed by atoms with E-state index in [4.69, 9.17) is 0 Å². The molecule has 0 aliphatic rings. The molecule has 6 heteroatoms. The lowest BCUT2D eigenvalue weighted by Crippen LogP contribution is -2.53. The molecule has 0 heterocycles. The Kier molecular flexibility index (Phi) is 33.3. The van der Waals surface area contributed by atoms with Crippen molar-refractivity contribution < 1.29 is 25.2 Å². The van der Waals surface area contributed by atoms with Gasteiger partial charge in [-0.3, -0.25) is 4.79 Å². The topological polar surface area (TPSA) is 110 Å². The van der Waals surface area contributed by atoms with Gasteiger partial charge < -0.3 is 25.7 Å². The zero-order chi connectivity index (χ0) is 33.9. The molecule has 1 amide bonds. The third-order valence-electron chi connectivity index (χ3n) is 8.47. The minimum absolute atomic E-state index is 0.334. The maximum atomic E-state index is 12.4. The van der Waals surface area contributed by atoms with E-state index in [0.717, 1.165) is 64.2 Å². The average molecular weight is 648 g/mol. The Labute approximate surface area is 283 Å². The van der Waals surface area contributed by atoms with E-state index in [9.17, 15) is 25.2 Å². The Bertz CT molecular complexity index is 778. The van der Waals surface area contributed by atoms with E-state index in [1.807, 2.05) is 0 Å². The standard InChI is InChI=1S/C40H73NO5/c1-3-5-7-9-11-13-14-15-16-17-18-19-20-21-22-23-24-26-27-29-31-33-37(43)39(45)36(35-42)41-40(46)38(44)34-32-30-28-25-12-10-8-6-4-2/h10,12,17-18,21-22,26-27,36-39,42-45H,3-9,11,13-16,19-20,23-25,28-35H2,1-2H3,(H,41,46)/b12-10-,18-17+,22-21+,27-26+. The fraction of sp³-hybridized carbons (Fsp3) is 0.775. The second kappa shape index (κ2) is 34.6. The summed E-state index contributed by atoms with van der Waals surface area (Å²) >= 11 is 0. The van der Waals surface area contributed by atoms with Gasteiger partial charge in [0.2, 0.25) is 5.91 Å². The molecule has 0 aromatic rings. The van der Waals surface area contributed by atoms with Crippen LogP contribution in [0.1, 0.15) is 168 Å². The molecule has 0 aromatic carbocycles. The van der Waals surface area contributed by atoms with Crippen LogP contribution in [-0.2, 0) is 4.79 Å². The van der Waals surface area contributed by atoms with Gasteiger partial charge in [-0.25, -0.2) is 0 Å². The molecule has 0 spiro atoms. The highest BCUT2D eigenvalue weighted by Gasteiger charge is 2.28. The molecule has 0 radical (unpaired) electrons. The monoisotopic (exact) mass is 648 g/mol. The van der Waals surface area contributed by atoms with Gasteiger partial charge in [0.15, 0.2) is 0 Å². The minimum Gasteiger partial charge on any atom is -0.394 e. The molecular weight excluding hydrogens is 574 g/mol. The SMILES string of the molecule is CCCC/C=C\CCCCCC(O)C(=O)NC(CO)C(O)C(O)CCC/C=C/CC/C=C/CC/C=C/CCCCCCCCCC. The fourth-order valence-electron chi connectivity index (χ4n) is 5.36. The van der Waals surface area contributed by atoms with Crippen molar-refractivity contribution in [2.24, 2.45) is 0 Å². The van der Waals surface area contributed by atoms with E-state index in [0.29, 0.717) is 19.3 Å². The fourth-order valence-corrected chi connectivity index (χ4v) is 5.36. The third kappa shape index (κ3) is 28.5. The molecule has 5 N–H and O–H groups in total. The van der Waals surface area contributed by atoms with Gasteiger partial charge in [-0.15, -0.1) is 0 Å². The number of nitrogens with one attached hydrogen (secondary N) is 1. The summed E-state index contributed by atoms with van der Waals surface area (Å²) in [4.78, 5) is 12.4. The van der Waals surface area contributed by atoms with Gasteiger partial charge in [0.25, 0.3) is 0 Å². The van der Waals surface area contributed by atoms with Crippen LogP contribution < -0.4 is 5.32 Å². The van der Waals surface area contributed by atoms with E-state index in [1.165, 1.54) is 70.6 Å². The molecule has 6 nitrogen and oxygen atoms in total. The number of aliphatic hydroxyl groups excluding tert-OH is 4. The summed E-state index contributed by atoms with van der Waals surface area (Å²) in [5.41, 5.74) is 0. The number of hydrogen-bond acceptors (Lipinski definition) is 5. The van der Waals surface area contributed by atoms with Crippen molar-refractivity contribution in [1.29, 1.82) is 0 Å². The molecule has 0 rings (SSSR count). The first-order valence-electron chi connectivity index (χ1n) is 19.0. The molecule has 0 aliphatic carbocycles. The first kappa shape index (κ1) is 44.3. The van der Waals surface area contributed by atoms with Crippen LogP contribution in [0.2, 0.25) is 0 Å². The minimum atomic E-state index is -1.30. The van der Waals surface area contributed by atoms with Crippen LogP contribution in [0.4, 0.5) is 0 Å². The molecule has 0 aromatic heterocycles. The summed E-state index contributed by atoms with van der Waals surface area (Å²) < 4.78 is 0. The first-order valence-corrected chi connectivity index (χ1v) is 19.0. The zero-order valence-electron chi connectivity index (χ0n) is 29.8. The van der Waals surface area contributed by atoms with Crippen molar-refractivity contribution in [3.8, 4) is 0 Å². The number of amides is 1. The molecule has 268 valence electrons. The van der Waals surface area contributed by atoms with E-state index in [-0.39, 0.29) is 0 Å². The smallest absolute Gasteiger partial charge is 0.249 e. The van der Waals surface area contributed by atoms with Gasteiger partial charge in [-0.1, -0.05) is 133 Å². The molecule has 0 bridgehead atoms. The average Bonchev–Trinajstić information content (AvgIpc) is 3.06. The molecule has 0 fully saturated rings. The van der Waals surface area contributed by atoms with Crippen LogP contribution in [0.3, 0.4) is 0 Å².